The number of hydrogen-bond donors (Lipinski definition) is 1. The van der Waals surface area contributed by atoms with E-state index >= 15 is 0 Å². The number of nitrogens with zero attached hydrogens (tertiary/aromatic N) is 2. The van der Waals surface area contributed by atoms with Crippen LogP contribution in [0.5, 0.6) is 11.5 Å². The van der Waals surface area contributed by atoms with Crippen molar-refractivity contribution in [1.82, 2.24) is 10.2 Å². The Bertz CT molecular complexity index is 1240. The molecule has 0 aliphatic carbocycles. The highest BCUT2D eigenvalue weighted by molar-refractivity contribution is 6.21. The number of carbonyl (C=O) groups is 4. The Hall–Kier alpha value is -4.45. The maximum atomic E-state index is 12.4. The van der Waals surface area contributed by atoms with E-state index in [0.29, 0.717) is 42.5 Å². The fourth-order valence-corrected chi connectivity index (χ4v) is 3.85. The molecule has 192 valence electrons. The standard InChI is InChI=1S/C28H29N3O6/c1-18(2)30-26(33)20(17-29)15-19-12-13-23(24(16-19)36-3)37-25(32)11-5-4-8-14-31-27(34)21-9-6-7-10-22(21)28(31)35/h6-7,9-10,12-13,15-16,18H,4-5,8,11,14H2,1-3H3,(H,30,33)/b20-15+. The number of amides is 3. The maximum Gasteiger partial charge on any atom is 0.311 e. The molecule has 2 aromatic carbocycles. The molecule has 0 radical (unpaired) electrons. The van der Waals surface area contributed by atoms with E-state index in [1.807, 2.05) is 6.07 Å². The molecule has 0 aromatic heterocycles. The second-order valence-corrected chi connectivity index (χ2v) is 8.80. The van der Waals surface area contributed by atoms with Crippen LogP contribution in [0.1, 0.15) is 65.8 Å². The molecular weight excluding hydrogens is 474 g/mol. The van der Waals surface area contributed by atoms with Crippen LogP contribution in [-0.4, -0.2) is 48.3 Å². The second kappa shape index (κ2) is 12.5. The number of ether oxygens (including phenoxy) is 2. The minimum atomic E-state index is -0.477. The summed E-state index contributed by atoms with van der Waals surface area (Å²) in [6.07, 6.45) is 3.33. The first kappa shape index (κ1) is 27.1. The van der Waals surface area contributed by atoms with Crippen molar-refractivity contribution >= 4 is 29.8 Å². The summed E-state index contributed by atoms with van der Waals surface area (Å²) >= 11 is 0. The first-order valence-corrected chi connectivity index (χ1v) is 12.0. The quantitative estimate of drug-likeness (QED) is 0.123. The summed E-state index contributed by atoms with van der Waals surface area (Å²) in [4.78, 5) is 50.5. The van der Waals surface area contributed by atoms with Crippen LogP contribution in [0.4, 0.5) is 0 Å². The lowest BCUT2D eigenvalue weighted by Gasteiger charge is -2.13. The number of unbranched alkanes of at least 4 members (excludes halogenated alkanes) is 2. The van der Waals surface area contributed by atoms with Gasteiger partial charge in [0.1, 0.15) is 11.6 Å². The molecule has 3 rings (SSSR count). The molecule has 0 atom stereocenters. The smallest absolute Gasteiger partial charge is 0.311 e. The van der Waals surface area contributed by atoms with Gasteiger partial charge in [-0.15, -0.1) is 0 Å². The lowest BCUT2D eigenvalue weighted by molar-refractivity contribution is -0.134. The monoisotopic (exact) mass is 503 g/mol. The highest BCUT2D eigenvalue weighted by Gasteiger charge is 2.34. The van der Waals surface area contributed by atoms with Crippen LogP contribution < -0.4 is 14.8 Å². The van der Waals surface area contributed by atoms with E-state index in [1.54, 1.807) is 56.3 Å². The zero-order chi connectivity index (χ0) is 26.9. The minimum absolute atomic E-state index is 0.0540. The molecule has 9 nitrogen and oxygen atoms in total. The van der Waals surface area contributed by atoms with Gasteiger partial charge in [-0.1, -0.05) is 24.6 Å². The Labute approximate surface area is 215 Å². The molecule has 9 heteroatoms. The van der Waals surface area contributed by atoms with E-state index in [4.69, 9.17) is 9.47 Å². The second-order valence-electron chi connectivity index (χ2n) is 8.80. The number of nitrogens with one attached hydrogen (secondary N) is 1. The van der Waals surface area contributed by atoms with Gasteiger partial charge in [0.15, 0.2) is 11.5 Å². The van der Waals surface area contributed by atoms with Crippen LogP contribution in [-0.2, 0) is 9.59 Å². The largest absolute Gasteiger partial charge is 0.493 e. The third-order valence-electron chi connectivity index (χ3n) is 5.65. The van der Waals surface area contributed by atoms with E-state index < -0.39 is 11.9 Å². The Morgan fingerprint density at radius 1 is 1.03 bits per heavy atom. The topological polar surface area (TPSA) is 126 Å². The molecule has 1 aliphatic heterocycles. The summed E-state index contributed by atoms with van der Waals surface area (Å²) in [6.45, 7) is 3.89. The average Bonchev–Trinajstić information content (AvgIpc) is 3.12. The predicted molar refractivity (Wildman–Crippen MR) is 136 cm³/mol. The fraction of sp³-hybridized carbons (Fsp3) is 0.321. The lowest BCUT2D eigenvalue weighted by atomic mass is 10.1. The molecule has 0 bridgehead atoms. The van der Waals surface area contributed by atoms with Crippen LogP contribution in [0.25, 0.3) is 6.08 Å². The molecule has 1 N–H and O–H groups in total. The number of fused-ring (bicyclic) bond motifs is 1. The minimum Gasteiger partial charge on any atom is -0.493 e. The third kappa shape index (κ3) is 6.82. The number of rotatable bonds is 11. The number of nitriles is 1. The van der Waals surface area contributed by atoms with Gasteiger partial charge in [0.25, 0.3) is 17.7 Å². The highest BCUT2D eigenvalue weighted by atomic mass is 16.6. The number of carbonyl (C=O) groups excluding carboxylic acids is 4. The van der Waals surface area contributed by atoms with E-state index in [1.165, 1.54) is 18.1 Å². The van der Waals surface area contributed by atoms with Gasteiger partial charge in [0.2, 0.25) is 0 Å². The van der Waals surface area contributed by atoms with Crippen LogP contribution in [0.3, 0.4) is 0 Å². The first-order valence-electron chi connectivity index (χ1n) is 12.0. The van der Waals surface area contributed by atoms with Gasteiger partial charge in [-0.3, -0.25) is 24.1 Å². The van der Waals surface area contributed by atoms with Gasteiger partial charge in [-0.05, 0) is 62.6 Å². The van der Waals surface area contributed by atoms with E-state index in [-0.39, 0.29) is 41.3 Å². The van der Waals surface area contributed by atoms with Crippen LogP contribution >= 0.6 is 0 Å². The molecule has 1 heterocycles. The zero-order valence-corrected chi connectivity index (χ0v) is 21.1. The van der Waals surface area contributed by atoms with E-state index in [9.17, 15) is 24.4 Å². The molecule has 2 aromatic rings. The van der Waals surface area contributed by atoms with Crippen molar-refractivity contribution in [3.8, 4) is 17.6 Å². The van der Waals surface area contributed by atoms with Crippen molar-refractivity contribution in [2.24, 2.45) is 0 Å². The van der Waals surface area contributed by atoms with Crippen molar-refractivity contribution in [3.63, 3.8) is 0 Å². The molecular formula is C28H29N3O6. The van der Waals surface area contributed by atoms with Gasteiger partial charge in [-0.25, -0.2) is 0 Å². The maximum absolute atomic E-state index is 12.4. The van der Waals surface area contributed by atoms with Crippen molar-refractivity contribution < 1.29 is 28.7 Å². The Kier molecular flexibility index (Phi) is 9.16. The molecule has 0 fully saturated rings. The number of imide groups is 1. The van der Waals surface area contributed by atoms with Gasteiger partial charge in [0, 0.05) is 19.0 Å². The summed E-state index contributed by atoms with van der Waals surface area (Å²) in [5.74, 6) is -0.984. The summed E-state index contributed by atoms with van der Waals surface area (Å²) in [5, 5.41) is 12.0. The Balaban J connectivity index is 1.49. The normalized spacial score (nSPS) is 12.8. The highest BCUT2D eigenvalue weighted by Crippen LogP contribution is 2.29. The number of hydrogen-bond acceptors (Lipinski definition) is 7. The van der Waals surface area contributed by atoms with Crippen LogP contribution in [0, 0.1) is 11.3 Å². The molecule has 0 unspecified atom stereocenters. The molecule has 0 saturated heterocycles. The fourth-order valence-electron chi connectivity index (χ4n) is 3.85. The van der Waals surface area contributed by atoms with Crippen molar-refractivity contribution in [2.45, 2.75) is 45.6 Å². The summed E-state index contributed by atoms with van der Waals surface area (Å²) in [7, 11) is 1.43. The van der Waals surface area contributed by atoms with Crippen molar-refractivity contribution in [2.75, 3.05) is 13.7 Å². The lowest BCUT2D eigenvalue weighted by Crippen LogP contribution is -2.30. The van der Waals surface area contributed by atoms with Crippen LogP contribution in [0.15, 0.2) is 48.0 Å². The SMILES string of the molecule is COc1cc(/C=C(\C#N)C(=O)NC(C)C)ccc1OC(=O)CCCCCN1C(=O)c2ccccc2C1=O. The summed E-state index contributed by atoms with van der Waals surface area (Å²) in [5.41, 5.74) is 1.34. The zero-order valence-electron chi connectivity index (χ0n) is 21.1. The average molecular weight is 504 g/mol. The third-order valence-corrected chi connectivity index (χ3v) is 5.65. The van der Waals surface area contributed by atoms with Gasteiger partial charge < -0.3 is 14.8 Å². The Morgan fingerprint density at radius 2 is 1.70 bits per heavy atom. The number of esters is 1. The molecule has 0 spiro atoms. The summed E-state index contributed by atoms with van der Waals surface area (Å²) in [6, 6.07) is 13.3. The predicted octanol–water partition coefficient (Wildman–Crippen LogP) is 3.89. The van der Waals surface area contributed by atoms with Crippen LogP contribution in [0.2, 0.25) is 0 Å². The van der Waals surface area contributed by atoms with E-state index in [0.717, 1.165) is 0 Å². The molecule has 0 saturated carbocycles. The Morgan fingerprint density at radius 3 is 2.30 bits per heavy atom. The number of methoxy groups -OCH3 is 1. The van der Waals surface area contributed by atoms with Gasteiger partial charge >= 0.3 is 5.97 Å². The van der Waals surface area contributed by atoms with E-state index in [2.05, 4.69) is 5.32 Å². The first-order chi connectivity index (χ1) is 17.7. The van der Waals surface area contributed by atoms with Crippen molar-refractivity contribution in [1.29, 1.82) is 5.26 Å². The molecule has 1 aliphatic rings. The molecule has 3 amide bonds. The summed E-state index contributed by atoms with van der Waals surface area (Å²) < 4.78 is 10.7. The van der Waals surface area contributed by atoms with Gasteiger partial charge in [-0.2, -0.15) is 5.26 Å². The number of benzene rings is 2. The molecule has 37 heavy (non-hydrogen) atoms. The van der Waals surface area contributed by atoms with Crippen molar-refractivity contribution in [3.05, 3.63) is 64.7 Å². The van der Waals surface area contributed by atoms with Gasteiger partial charge in [0.05, 0.1) is 18.2 Å².